The van der Waals surface area contributed by atoms with Gasteiger partial charge in [0, 0.05) is 28.2 Å². The smallest absolute Gasteiger partial charge is 0.138 e. The number of ether oxygens (including phenoxy) is 2. The lowest BCUT2D eigenvalue weighted by Gasteiger charge is -2.24. The van der Waals surface area contributed by atoms with Gasteiger partial charge < -0.3 is 14.8 Å². The average Bonchev–Trinajstić information content (AvgIpc) is 2.64. The van der Waals surface area contributed by atoms with E-state index in [9.17, 15) is 0 Å². The molecule has 0 radical (unpaired) electrons. The molecule has 118 valence electrons. The second kappa shape index (κ2) is 7.75. The number of nitrogens with one attached hydrogen (secondary N) is 1. The van der Waals surface area contributed by atoms with Crippen molar-refractivity contribution in [1.82, 2.24) is 5.32 Å². The number of halogens is 1. The molecule has 2 atom stereocenters. The van der Waals surface area contributed by atoms with Crippen molar-refractivity contribution in [1.29, 1.82) is 0 Å². The van der Waals surface area contributed by atoms with Crippen LogP contribution in [-0.4, -0.2) is 26.0 Å². The minimum Gasteiger partial charge on any atom is -0.496 e. The summed E-state index contributed by atoms with van der Waals surface area (Å²) >= 11 is 5.61. The van der Waals surface area contributed by atoms with E-state index >= 15 is 0 Å². The lowest BCUT2D eigenvalue weighted by molar-refractivity contribution is 0.381. The van der Waals surface area contributed by atoms with Crippen LogP contribution in [0.1, 0.15) is 43.9 Å². The maximum atomic E-state index is 5.69. The number of benzene rings is 1. The third kappa shape index (κ3) is 3.69. The van der Waals surface area contributed by atoms with Crippen LogP contribution in [0.2, 0.25) is 0 Å². The number of methoxy groups -OCH3 is 2. The number of hydrogen-bond donors (Lipinski definition) is 1. The summed E-state index contributed by atoms with van der Waals surface area (Å²) in [6, 6.07) is 2.33. The predicted octanol–water partition coefficient (Wildman–Crippen LogP) is 4.53. The zero-order chi connectivity index (χ0) is 15.4. The SMILES string of the molecule is CCCNC1CC(C)SCc2c(OC)cc(Br)c(OC)c21. The zero-order valence-electron chi connectivity index (χ0n) is 13.2. The molecular formula is C16H24BrNO2S. The molecule has 1 aliphatic heterocycles. The summed E-state index contributed by atoms with van der Waals surface area (Å²) in [5.41, 5.74) is 2.52. The van der Waals surface area contributed by atoms with Crippen molar-refractivity contribution in [3.8, 4) is 11.5 Å². The normalized spacial score (nSPS) is 21.6. The minimum atomic E-state index is 0.311. The summed E-state index contributed by atoms with van der Waals surface area (Å²) in [5.74, 6) is 2.85. The molecule has 0 amide bonds. The Morgan fingerprint density at radius 1 is 1.38 bits per heavy atom. The number of thioether (sulfide) groups is 1. The minimum absolute atomic E-state index is 0.311. The molecule has 0 aromatic heterocycles. The predicted molar refractivity (Wildman–Crippen MR) is 93.7 cm³/mol. The summed E-state index contributed by atoms with van der Waals surface area (Å²) in [6.07, 6.45) is 2.23. The summed E-state index contributed by atoms with van der Waals surface area (Å²) in [4.78, 5) is 0. The second-order valence-electron chi connectivity index (χ2n) is 5.35. The largest absolute Gasteiger partial charge is 0.496 e. The van der Waals surface area contributed by atoms with Crippen molar-refractivity contribution < 1.29 is 9.47 Å². The van der Waals surface area contributed by atoms with Gasteiger partial charge in [0.15, 0.2) is 0 Å². The van der Waals surface area contributed by atoms with E-state index in [1.165, 1.54) is 11.1 Å². The fraction of sp³-hybridized carbons (Fsp3) is 0.625. The van der Waals surface area contributed by atoms with Crippen molar-refractivity contribution in [3.05, 3.63) is 21.7 Å². The van der Waals surface area contributed by atoms with Gasteiger partial charge >= 0.3 is 0 Å². The Morgan fingerprint density at radius 2 is 2.14 bits per heavy atom. The maximum Gasteiger partial charge on any atom is 0.138 e. The maximum absolute atomic E-state index is 5.69. The van der Waals surface area contributed by atoms with Crippen molar-refractivity contribution in [3.63, 3.8) is 0 Å². The van der Waals surface area contributed by atoms with Crippen LogP contribution in [0.4, 0.5) is 0 Å². The molecule has 0 saturated heterocycles. The molecule has 3 nitrogen and oxygen atoms in total. The lowest BCUT2D eigenvalue weighted by Crippen LogP contribution is -2.25. The van der Waals surface area contributed by atoms with E-state index in [1.807, 2.05) is 17.8 Å². The van der Waals surface area contributed by atoms with E-state index < -0.39 is 0 Å². The first-order chi connectivity index (χ1) is 10.1. The Labute approximate surface area is 140 Å². The molecule has 0 bridgehead atoms. The summed E-state index contributed by atoms with van der Waals surface area (Å²) < 4.78 is 12.3. The Hall–Kier alpha value is -0.390. The van der Waals surface area contributed by atoms with Crippen LogP contribution in [0.5, 0.6) is 11.5 Å². The Bertz CT molecular complexity index is 496. The van der Waals surface area contributed by atoms with Gasteiger partial charge in [-0.25, -0.2) is 0 Å². The van der Waals surface area contributed by atoms with Gasteiger partial charge in [0.25, 0.3) is 0 Å². The van der Waals surface area contributed by atoms with E-state index in [1.54, 1.807) is 14.2 Å². The highest BCUT2D eigenvalue weighted by atomic mass is 79.9. The standard InChI is InChI=1S/C16H24BrNO2S/c1-5-6-18-13-7-10(2)21-9-11-14(19-3)8-12(17)16(20-4)15(11)13/h8,10,13,18H,5-7,9H2,1-4H3. The summed E-state index contributed by atoms with van der Waals surface area (Å²) in [7, 11) is 3.48. The van der Waals surface area contributed by atoms with E-state index in [-0.39, 0.29) is 0 Å². The number of rotatable bonds is 5. The third-order valence-corrected chi connectivity index (χ3v) is 5.64. The fourth-order valence-corrected chi connectivity index (χ4v) is 4.48. The van der Waals surface area contributed by atoms with Gasteiger partial charge in [0.2, 0.25) is 0 Å². The average molecular weight is 374 g/mol. The molecular weight excluding hydrogens is 350 g/mol. The van der Waals surface area contributed by atoms with E-state index in [0.29, 0.717) is 11.3 Å². The van der Waals surface area contributed by atoms with Gasteiger partial charge in [-0.05, 0) is 41.4 Å². The highest BCUT2D eigenvalue weighted by Crippen LogP contribution is 2.46. The van der Waals surface area contributed by atoms with Crippen LogP contribution in [0.15, 0.2) is 10.5 Å². The van der Waals surface area contributed by atoms with Gasteiger partial charge in [-0.15, -0.1) is 0 Å². The fourth-order valence-electron chi connectivity index (χ4n) is 2.82. The van der Waals surface area contributed by atoms with Gasteiger partial charge in [-0.2, -0.15) is 11.8 Å². The molecule has 1 aromatic rings. The summed E-state index contributed by atoms with van der Waals surface area (Å²) in [6.45, 7) is 5.51. The molecule has 1 aromatic carbocycles. The molecule has 1 heterocycles. The first-order valence-corrected chi connectivity index (χ1v) is 9.24. The van der Waals surface area contributed by atoms with Crippen LogP contribution in [0.3, 0.4) is 0 Å². The van der Waals surface area contributed by atoms with Crippen molar-refractivity contribution in [2.24, 2.45) is 0 Å². The van der Waals surface area contributed by atoms with Crippen LogP contribution >= 0.6 is 27.7 Å². The van der Waals surface area contributed by atoms with Gasteiger partial charge in [-0.1, -0.05) is 13.8 Å². The molecule has 0 aliphatic carbocycles. The highest BCUT2D eigenvalue weighted by Gasteiger charge is 2.29. The Balaban J connectivity index is 2.55. The monoisotopic (exact) mass is 373 g/mol. The molecule has 1 N–H and O–H groups in total. The molecule has 0 fully saturated rings. The van der Waals surface area contributed by atoms with Crippen LogP contribution in [0.25, 0.3) is 0 Å². The second-order valence-corrected chi connectivity index (χ2v) is 7.63. The molecule has 2 rings (SSSR count). The molecule has 0 spiro atoms. The third-order valence-electron chi connectivity index (χ3n) is 3.83. The molecule has 2 unspecified atom stereocenters. The lowest BCUT2D eigenvalue weighted by atomic mass is 9.95. The van der Waals surface area contributed by atoms with E-state index in [0.717, 1.165) is 41.1 Å². The van der Waals surface area contributed by atoms with Gasteiger partial charge in [-0.3, -0.25) is 0 Å². The number of fused-ring (bicyclic) bond motifs is 1. The van der Waals surface area contributed by atoms with E-state index in [2.05, 4.69) is 35.1 Å². The van der Waals surface area contributed by atoms with Gasteiger partial charge in [0.05, 0.1) is 18.7 Å². The van der Waals surface area contributed by atoms with Crippen LogP contribution in [-0.2, 0) is 5.75 Å². The first-order valence-electron chi connectivity index (χ1n) is 7.40. The first kappa shape index (κ1) is 17.0. The molecule has 5 heteroatoms. The van der Waals surface area contributed by atoms with Crippen molar-refractivity contribution >= 4 is 27.7 Å². The van der Waals surface area contributed by atoms with Crippen molar-refractivity contribution in [2.75, 3.05) is 20.8 Å². The number of hydrogen-bond acceptors (Lipinski definition) is 4. The van der Waals surface area contributed by atoms with Crippen LogP contribution in [0, 0.1) is 0 Å². The van der Waals surface area contributed by atoms with Crippen LogP contribution < -0.4 is 14.8 Å². The topological polar surface area (TPSA) is 30.5 Å². The van der Waals surface area contributed by atoms with Gasteiger partial charge in [0.1, 0.15) is 11.5 Å². The zero-order valence-corrected chi connectivity index (χ0v) is 15.6. The molecule has 1 aliphatic rings. The molecule has 0 saturated carbocycles. The molecule has 21 heavy (non-hydrogen) atoms. The Morgan fingerprint density at radius 3 is 2.76 bits per heavy atom. The highest BCUT2D eigenvalue weighted by molar-refractivity contribution is 9.10. The van der Waals surface area contributed by atoms with E-state index in [4.69, 9.17) is 9.47 Å². The quantitative estimate of drug-likeness (QED) is 0.820. The Kier molecular flexibility index (Phi) is 6.26. The summed E-state index contributed by atoms with van der Waals surface area (Å²) in [5, 5.41) is 4.29. The van der Waals surface area contributed by atoms with Crippen molar-refractivity contribution in [2.45, 2.75) is 43.7 Å².